The van der Waals surface area contributed by atoms with Crippen LogP contribution in [0.5, 0.6) is 5.75 Å². The van der Waals surface area contributed by atoms with Crippen LogP contribution in [0.15, 0.2) is 60.2 Å². The second-order valence-electron chi connectivity index (χ2n) is 4.90. The van der Waals surface area contributed by atoms with Crippen LogP contribution in [0.3, 0.4) is 0 Å². The maximum absolute atomic E-state index is 11.4. The summed E-state index contributed by atoms with van der Waals surface area (Å²) >= 11 is 0. The van der Waals surface area contributed by atoms with Gasteiger partial charge in [0.05, 0.1) is 6.61 Å². The van der Waals surface area contributed by atoms with Gasteiger partial charge in [-0.2, -0.15) is 0 Å². The Balaban J connectivity index is 1.63. The average Bonchev–Trinajstić information content (AvgIpc) is 2.93. The van der Waals surface area contributed by atoms with E-state index < -0.39 is 0 Å². The third kappa shape index (κ3) is 3.51. The first kappa shape index (κ1) is 13.4. The molecule has 3 rings (SSSR count). The summed E-state index contributed by atoms with van der Waals surface area (Å²) in [5, 5.41) is 0. The zero-order valence-electron chi connectivity index (χ0n) is 11.6. The topological polar surface area (TPSA) is 35.5 Å². The highest BCUT2D eigenvalue weighted by Crippen LogP contribution is 2.20. The van der Waals surface area contributed by atoms with Crippen LogP contribution in [0.25, 0.3) is 6.08 Å². The molecule has 0 N–H and O–H groups in total. The van der Waals surface area contributed by atoms with Gasteiger partial charge in [-0.1, -0.05) is 42.5 Å². The van der Waals surface area contributed by atoms with Crippen LogP contribution in [-0.4, -0.2) is 12.6 Å². The van der Waals surface area contributed by atoms with Crippen LogP contribution in [0, 0.1) is 0 Å². The van der Waals surface area contributed by atoms with E-state index in [1.807, 2.05) is 60.7 Å². The lowest BCUT2D eigenvalue weighted by atomic mass is 10.1. The van der Waals surface area contributed by atoms with Crippen molar-refractivity contribution in [2.45, 2.75) is 13.0 Å². The van der Waals surface area contributed by atoms with Crippen molar-refractivity contribution in [1.82, 2.24) is 0 Å². The van der Waals surface area contributed by atoms with Crippen LogP contribution in [0.2, 0.25) is 0 Å². The van der Waals surface area contributed by atoms with E-state index in [-0.39, 0.29) is 5.97 Å². The Morgan fingerprint density at radius 2 is 1.81 bits per heavy atom. The normalized spacial score (nSPS) is 16.0. The summed E-state index contributed by atoms with van der Waals surface area (Å²) in [4.78, 5) is 11.4. The Hall–Kier alpha value is -2.55. The molecule has 0 aliphatic carbocycles. The van der Waals surface area contributed by atoms with Gasteiger partial charge in [0.15, 0.2) is 0 Å². The number of ether oxygens (including phenoxy) is 2. The van der Waals surface area contributed by atoms with Crippen molar-refractivity contribution in [2.75, 3.05) is 6.61 Å². The third-order valence-electron chi connectivity index (χ3n) is 3.34. The minimum atomic E-state index is -0.209. The zero-order chi connectivity index (χ0) is 14.5. The molecule has 0 aromatic heterocycles. The molecule has 1 saturated heterocycles. The molecule has 106 valence electrons. The first-order chi connectivity index (χ1) is 10.3. The smallest absolute Gasteiger partial charge is 0.334 e. The van der Waals surface area contributed by atoms with Crippen molar-refractivity contribution in [3.63, 3.8) is 0 Å². The molecule has 0 radical (unpaired) electrons. The minimum absolute atomic E-state index is 0.209. The number of carbonyl (C=O) groups is 1. The van der Waals surface area contributed by atoms with E-state index in [0.29, 0.717) is 19.6 Å². The second-order valence-corrected chi connectivity index (χ2v) is 4.90. The third-order valence-corrected chi connectivity index (χ3v) is 3.34. The van der Waals surface area contributed by atoms with Gasteiger partial charge in [-0.05, 0) is 29.3 Å². The van der Waals surface area contributed by atoms with Gasteiger partial charge in [0, 0.05) is 12.0 Å². The molecule has 0 unspecified atom stereocenters. The highest BCUT2D eigenvalue weighted by molar-refractivity contribution is 5.95. The number of benzene rings is 2. The largest absolute Gasteiger partial charge is 0.489 e. The zero-order valence-corrected chi connectivity index (χ0v) is 11.6. The molecule has 2 aromatic rings. The summed E-state index contributed by atoms with van der Waals surface area (Å²) in [6, 6.07) is 17.8. The molecule has 3 nitrogen and oxygen atoms in total. The van der Waals surface area contributed by atoms with E-state index in [0.717, 1.165) is 22.4 Å². The molecule has 21 heavy (non-hydrogen) atoms. The van der Waals surface area contributed by atoms with Gasteiger partial charge >= 0.3 is 5.97 Å². The molecule has 0 bridgehead atoms. The lowest BCUT2D eigenvalue weighted by Gasteiger charge is -2.06. The van der Waals surface area contributed by atoms with E-state index in [1.165, 1.54) is 0 Å². The van der Waals surface area contributed by atoms with Crippen LogP contribution >= 0.6 is 0 Å². The lowest BCUT2D eigenvalue weighted by molar-refractivity contribution is -0.134. The Labute approximate surface area is 123 Å². The summed E-state index contributed by atoms with van der Waals surface area (Å²) in [5.74, 6) is 0.606. The van der Waals surface area contributed by atoms with Crippen LogP contribution in [0.4, 0.5) is 0 Å². The fourth-order valence-electron chi connectivity index (χ4n) is 2.18. The molecule has 0 spiro atoms. The lowest BCUT2D eigenvalue weighted by Crippen LogP contribution is -1.95. The van der Waals surface area contributed by atoms with Gasteiger partial charge in [0.2, 0.25) is 0 Å². The number of rotatable bonds is 4. The van der Waals surface area contributed by atoms with Crippen molar-refractivity contribution < 1.29 is 14.3 Å². The molecular weight excluding hydrogens is 264 g/mol. The van der Waals surface area contributed by atoms with Gasteiger partial charge in [0.1, 0.15) is 12.4 Å². The molecule has 0 amide bonds. The van der Waals surface area contributed by atoms with Gasteiger partial charge in [-0.3, -0.25) is 0 Å². The van der Waals surface area contributed by atoms with Gasteiger partial charge < -0.3 is 9.47 Å². The monoisotopic (exact) mass is 280 g/mol. The Bertz CT molecular complexity index is 642. The van der Waals surface area contributed by atoms with E-state index in [9.17, 15) is 4.79 Å². The van der Waals surface area contributed by atoms with E-state index in [1.54, 1.807) is 0 Å². The number of hydrogen-bond acceptors (Lipinski definition) is 3. The van der Waals surface area contributed by atoms with E-state index >= 15 is 0 Å². The SMILES string of the molecule is O=C1OCCC1=Cc1ccc(OCc2ccccc2)cc1. The predicted octanol–water partition coefficient (Wildman–Crippen LogP) is 3.60. The molecule has 1 aliphatic rings. The predicted molar refractivity (Wildman–Crippen MR) is 80.8 cm³/mol. The van der Waals surface area contributed by atoms with Crippen molar-refractivity contribution in [3.05, 3.63) is 71.3 Å². The van der Waals surface area contributed by atoms with E-state index in [2.05, 4.69) is 0 Å². The molecule has 0 atom stereocenters. The second kappa shape index (κ2) is 6.27. The molecule has 1 aliphatic heterocycles. The summed E-state index contributed by atoms with van der Waals surface area (Å²) in [6.45, 7) is 1.04. The summed E-state index contributed by atoms with van der Waals surface area (Å²) in [7, 11) is 0. The first-order valence-electron chi connectivity index (χ1n) is 6.96. The average molecular weight is 280 g/mol. The van der Waals surface area contributed by atoms with Gasteiger partial charge in [-0.15, -0.1) is 0 Å². The van der Waals surface area contributed by atoms with E-state index in [4.69, 9.17) is 9.47 Å². The Morgan fingerprint density at radius 3 is 2.48 bits per heavy atom. The maximum Gasteiger partial charge on any atom is 0.334 e. The Morgan fingerprint density at radius 1 is 1.05 bits per heavy atom. The number of esters is 1. The van der Waals surface area contributed by atoms with Crippen LogP contribution < -0.4 is 4.74 Å². The fourth-order valence-corrected chi connectivity index (χ4v) is 2.18. The fraction of sp³-hybridized carbons (Fsp3) is 0.167. The highest BCUT2D eigenvalue weighted by atomic mass is 16.5. The van der Waals surface area contributed by atoms with Crippen molar-refractivity contribution in [3.8, 4) is 5.75 Å². The number of cyclic esters (lactones) is 1. The molecule has 1 fully saturated rings. The molecule has 0 saturated carbocycles. The van der Waals surface area contributed by atoms with Crippen LogP contribution in [-0.2, 0) is 16.1 Å². The molecule has 3 heteroatoms. The Kier molecular flexibility index (Phi) is 4.01. The van der Waals surface area contributed by atoms with Gasteiger partial charge in [-0.25, -0.2) is 4.79 Å². The molecule has 2 aromatic carbocycles. The quantitative estimate of drug-likeness (QED) is 0.634. The maximum atomic E-state index is 11.4. The van der Waals surface area contributed by atoms with Crippen molar-refractivity contribution in [2.24, 2.45) is 0 Å². The highest BCUT2D eigenvalue weighted by Gasteiger charge is 2.17. The molecule has 1 heterocycles. The molecular formula is C18H16O3. The summed E-state index contributed by atoms with van der Waals surface area (Å²) in [6.07, 6.45) is 2.56. The van der Waals surface area contributed by atoms with Gasteiger partial charge in [0.25, 0.3) is 0 Å². The summed E-state index contributed by atoms with van der Waals surface area (Å²) < 4.78 is 10.6. The summed E-state index contributed by atoms with van der Waals surface area (Å²) in [5.41, 5.74) is 2.85. The first-order valence-corrected chi connectivity index (χ1v) is 6.96. The van der Waals surface area contributed by atoms with Crippen LogP contribution in [0.1, 0.15) is 17.5 Å². The number of carbonyl (C=O) groups excluding carboxylic acids is 1. The standard InChI is InChI=1S/C18H16O3/c19-18-16(10-11-20-18)12-14-6-8-17(9-7-14)21-13-15-4-2-1-3-5-15/h1-9,12H,10-11,13H2. The number of hydrogen-bond donors (Lipinski definition) is 0. The van der Waals surface area contributed by atoms with Crippen molar-refractivity contribution in [1.29, 1.82) is 0 Å². The minimum Gasteiger partial charge on any atom is -0.489 e. The van der Waals surface area contributed by atoms with Crippen molar-refractivity contribution >= 4 is 12.0 Å².